The summed E-state index contributed by atoms with van der Waals surface area (Å²) in [6, 6.07) is 18.0. The van der Waals surface area contributed by atoms with E-state index in [4.69, 9.17) is 0 Å². The zero-order valence-electron chi connectivity index (χ0n) is 11.9. The van der Waals surface area contributed by atoms with Gasteiger partial charge in [-0.15, -0.1) is 0 Å². The highest BCUT2D eigenvalue weighted by Gasteiger charge is 2.59. The third-order valence-electron chi connectivity index (χ3n) is 4.95. The fourth-order valence-corrected chi connectivity index (χ4v) is 4.23. The largest absolute Gasteiger partial charge is 0.0619 e. The Morgan fingerprint density at radius 1 is 0.684 bits per heavy atom. The summed E-state index contributed by atoms with van der Waals surface area (Å²) in [6.07, 6.45) is 0. The Bertz CT molecular complexity index is 594. The van der Waals surface area contributed by atoms with Gasteiger partial charge >= 0.3 is 0 Å². The van der Waals surface area contributed by atoms with Crippen LogP contribution in [0.3, 0.4) is 0 Å². The van der Waals surface area contributed by atoms with Crippen molar-refractivity contribution < 1.29 is 0 Å². The zero-order valence-corrected chi connectivity index (χ0v) is 11.9. The van der Waals surface area contributed by atoms with Crippen molar-refractivity contribution in [2.24, 2.45) is 11.3 Å². The van der Waals surface area contributed by atoms with Gasteiger partial charge in [0, 0.05) is 0 Å². The van der Waals surface area contributed by atoms with Crippen molar-refractivity contribution in [1.82, 2.24) is 0 Å². The van der Waals surface area contributed by atoms with E-state index in [0.717, 1.165) is 17.8 Å². The molecule has 0 nitrogen and oxygen atoms in total. The van der Waals surface area contributed by atoms with Crippen molar-refractivity contribution in [3.8, 4) is 11.1 Å². The van der Waals surface area contributed by atoms with Crippen LogP contribution in [0.1, 0.15) is 43.7 Å². The van der Waals surface area contributed by atoms with Gasteiger partial charge in [-0.3, -0.25) is 0 Å². The van der Waals surface area contributed by atoms with Crippen molar-refractivity contribution in [3.63, 3.8) is 0 Å². The summed E-state index contributed by atoms with van der Waals surface area (Å²) in [6.45, 7) is 7.17. The second-order valence-electron chi connectivity index (χ2n) is 7.12. The first kappa shape index (κ1) is 11.3. The van der Waals surface area contributed by atoms with E-state index >= 15 is 0 Å². The van der Waals surface area contributed by atoms with E-state index in [2.05, 4.69) is 69.3 Å². The minimum absolute atomic E-state index is 0.389. The molecular formula is C19H20. The lowest BCUT2D eigenvalue weighted by atomic mass is 9.86. The number of benzene rings is 2. The quantitative estimate of drug-likeness (QED) is 0.600. The molecule has 0 aromatic heterocycles. The Hall–Kier alpha value is -1.56. The molecule has 2 aromatic rings. The molecule has 2 aliphatic rings. The van der Waals surface area contributed by atoms with Crippen LogP contribution in [0.4, 0.5) is 0 Å². The summed E-state index contributed by atoms with van der Waals surface area (Å²) in [4.78, 5) is 0. The SMILES string of the molecule is CC(C)(C)C1C2c3ccccc3-c3ccccc3C21. The molecule has 2 aromatic carbocycles. The lowest BCUT2D eigenvalue weighted by Crippen LogP contribution is -2.09. The molecule has 2 aliphatic carbocycles. The van der Waals surface area contributed by atoms with Gasteiger partial charge in [-0.05, 0) is 45.4 Å². The summed E-state index contributed by atoms with van der Waals surface area (Å²) < 4.78 is 0. The smallest absolute Gasteiger partial charge is 0.00442 e. The van der Waals surface area contributed by atoms with Gasteiger partial charge in [0.15, 0.2) is 0 Å². The first-order valence-corrected chi connectivity index (χ1v) is 7.27. The van der Waals surface area contributed by atoms with E-state index in [9.17, 15) is 0 Å². The minimum Gasteiger partial charge on any atom is -0.0619 e. The van der Waals surface area contributed by atoms with Gasteiger partial charge in [0.25, 0.3) is 0 Å². The van der Waals surface area contributed by atoms with E-state index in [1.165, 1.54) is 11.1 Å². The van der Waals surface area contributed by atoms with Crippen molar-refractivity contribution >= 4 is 0 Å². The van der Waals surface area contributed by atoms with Gasteiger partial charge in [0.05, 0.1) is 0 Å². The molecule has 0 saturated heterocycles. The highest BCUT2D eigenvalue weighted by Crippen LogP contribution is 2.71. The van der Waals surface area contributed by atoms with E-state index in [-0.39, 0.29) is 0 Å². The van der Waals surface area contributed by atoms with E-state index in [1.54, 1.807) is 11.1 Å². The van der Waals surface area contributed by atoms with Gasteiger partial charge in [-0.1, -0.05) is 69.3 Å². The van der Waals surface area contributed by atoms with Gasteiger partial charge in [-0.25, -0.2) is 0 Å². The van der Waals surface area contributed by atoms with Crippen LogP contribution in [0.25, 0.3) is 11.1 Å². The fourth-order valence-electron chi connectivity index (χ4n) is 4.23. The van der Waals surface area contributed by atoms with Gasteiger partial charge < -0.3 is 0 Å². The Labute approximate surface area is 115 Å². The Morgan fingerprint density at radius 3 is 1.53 bits per heavy atom. The van der Waals surface area contributed by atoms with Crippen molar-refractivity contribution in [3.05, 3.63) is 59.7 Å². The van der Waals surface area contributed by atoms with Crippen molar-refractivity contribution in [2.75, 3.05) is 0 Å². The predicted molar refractivity (Wildman–Crippen MR) is 80.3 cm³/mol. The third-order valence-corrected chi connectivity index (χ3v) is 4.95. The highest BCUT2D eigenvalue weighted by molar-refractivity contribution is 5.77. The molecule has 0 aliphatic heterocycles. The number of hydrogen-bond acceptors (Lipinski definition) is 0. The van der Waals surface area contributed by atoms with Crippen LogP contribution in [0.15, 0.2) is 48.5 Å². The summed E-state index contributed by atoms with van der Waals surface area (Å²) in [5.41, 5.74) is 6.47. The molecule has 0 heteroatoms. The predicted octanol–water partition coefficient (Wildman–Crippen LogP) is 5.21. The molecule has 0 amide bonds. The molecule has 0 bridgehead atoms. The number of rotatable bonds is 0. The second kappa shape index (κ2) is 3.50. The van der Waals surface area contributed by atoms with E-state index in [0.29, 0.717) is 5.41 Å². The first-order valence-electron chi connectivity index (χ1n) is 7.27. The van der Waals surface area contributed by atoms with E-state index < -0.39 is 0 Å². The molecule has 19 heavy (non-hydrogen) atoms. The van der Waals surface area contributed by atoms with Crippen LogP contribution in [-0.4, -0.2) is 0 Å². The molecule has 2 atom stereocenters. The highest BCUT2D eigenvalue weighted by atomic mass is 14.6. The molecule has 0 heterocycles. The number of fused-ring (bicyclic) bond motifs is 6. The number of hydrogen-bond donors (Lipinski definition) is 0. The first-order chi connectivity index (χ1) is 9.09. The summed E-state index contributed by atoms with van der Waals surface area (Å²) >= 11 is 0. The van der Waals surface area contributed by atoms with E-state index in [1.807, 2.05) is 0 Å². The van der Waals surface area contributed by atoms with Gasteiger partial charge in [0.2, 0.25) is 0 Å². The Morgan fingerprint density at radius 2 is 1.11 bits per heavy atom. The molecule has 1 saturated carbocycles. The molecule has 0 spiro atoms. The zero-order chi connectivity index (χ0) is 13.2. The molecule has 2 unspecified atom stereocenters. The van der Waals surface area contributed by atoms with Crippen LogP contribution in [0.5, 0.6) is 0 Å². The van der Waals surface area contributed by atoms with Crippen molar-refractivity contribution in [1.29, 1.82) is 0 Å². The minimum atomic E-state index is 0.389. The topological polar surface area (TPSA) is 0 Å². The molecule has 96 valence electrons. The monoisotopic (exact) mass is 248 g/mol. The second-order valence-corrected chi connectivity index (χ2v) is 7.12. The maximum Gasteiger partial charge on any atom is -0.00442 e. The van der Waals surface area contributed by atoms with Gasteiger partial charge in [0.1, 0.15) is 0 Å². The lowest BCUT2D eigenvalue weighted by Gasteiger charge is -2.18. The van der Waals surface area contributed by atoms with Crippen LogP contribution in [0, 0.1) is 11.3 Å². The molecule has 0 radical (unpaired) electrons. The summed E-state index contributed by atoms with van der Waals surface area (Å²) in [7, 11) is 0. The third kappa shape index (κ3) is 1.46. The van der Waals surface area contributed by atoms with Gasteiger partial charge in [-0.2, -0.15) is 0 Å². The Balaban J connectivity index is 1.96. The molecule has 4 rings (SSSR count). The standard InChI is InChI=1S/C19H20/c1-19(2,3)18-16-14-10-6-4-8-12(14)13-9-5-7-11-15(13)17(16)18/h4-11,16-18H,1-3H3. The van der Waals surface area contributed by atoms with Crippen LogP contribution in [0.2, 0.25) is 0 Å². The van der Waals surface area contributed by atoms with Crippen LogP contribution >= 0.6 is 0 Å². The van der Waals surface area contributed by atoms with Crippen molar-refractivity contribution in [2.45, 2.75) is 32.6 Å². The average Bonchev–Trinajstić information content (AvgIpc) is 3.15. The molecular weight excluding hydrogens is 228 g/mol. The maximum atomic E-state index is 2.39. The molecule has 1 fully saturated rings. The molecule has 0 N–H and O–H groups in total. The summed E-state index contributed by atoms with van der Waals surface area (Å²) in [5.74, 6) is 2.27. The maximum absolute atomic E-state index is 2.39. The average molecular weight is 248 g/mol. The Kier molecular flexibility index (Phi) is 2.08. The summed E-state index contributed by atoms with van der Waals surface area (Å²) in [5, 5.41) is 0. The van der Waals surface area contributed by atoms with Crippen LogP contribution < -0.4 is 0 Å². The fraction of sp³-hybridized carbons (Fsp3) is 0.368. The van der Waals surface area contributed by atoms with Crippen LogP contribution in [-0.2, 0) is 0 Å². The normalized spacial score (nSPS) is 27.2. The lowest BCUT2D eigenvalue weighted by molar-refractivity contribution is 0.337.